The van der Waals surface area contributed by atoms with Crippen molar-refractivity contribution in [3.8, 4) is 0 Å². The van der Waals surface area contributed by atoms with Crippen molar-refractivity contribution in [2.24, 2.45) is 27.1 Å². The molecule has 5 heterocycles. The first-order valence-corrected chi connectivity index (χ1v) is 27.7. The number of nitrogens with one attached hydrogen (secondary N) is 5. The van der Waals surface area contributed by atoms with Crippen LogP contribution in [-0.4, -0.2) is 144 Å². The van der Waals surface area contributed by atoms with Gasteiger partial charge in [0.2, 0.25) is 17.7 Å². The van der Waals surface area contributed by atoms with Gasteiger partial charge in [-0.1, -0.05) is 71.8 Å². The van der Waals surface area contributed by atoms with E-state index >= 15 is 0 Å². The second-order valence-corrected chi connectivity index (χ2v) is 23.6. The van der Waals surface area contributed by atoms with Gasteiger partial charge in [-0.25, -0.2) is 0 Å². The molecule has 5 amide bonds. The number of aliphatic hydroxyl groups is 7. The van der Waals surface area contributed by atoms with Gasteiger partial charge in [0.25, 0.3) is 11.8 Å². The van der Waals surface area contributed by atoms with Gasteiger partial charge in [0.1, 0.15) is 10.8 Å². The molecule has 84 heavy (non-hydrogen) atoms. The monoisotopic (exact) mass is 1160 g/mol. The van der Waals surface area contributed by atoms with E-state index in [0.717, 1.165) is 61.8 Å². The van der Waals surface area contributed by atoms with E-state index in [-0.39, 0.29) is 88.9 Å². The summed E-state index contributed by atoms with van der Waals surface area (Å²) in [5.41, 5.74) is 22.0. The van der Waals surface area contributed by atoms with Crippen molar-refractivity contribution in [2.75, 3.05) is 104 Å². The number of anilines is 5. The van der Waals surface area contributed by atoms with Gasteiger partial charge in [0.15, 0.2) is 0 Å². The predicted molar refractivity (Wildman–Crippen MR) is 322 cm³/mol. The maximum atomic E-state index is 11.8. The molecule has 0 aromatic heterocycles. The Kier molecular flexibility index (Phi) is 21.2. The van der Waals surface area contributed by atoms with Gasteiger partial charge in [0.05, 0.1) is 124 Å². The zero-order chi connectivity index (χ0) is 62.0. The number of nitrogens with zero attached hydrogens (tertiary/aromatic N) is 5. The van der Waals surface area contributed by atoms with Crippen LogP contribution >= 0.6 is 0 Å². The number of hydrazine groups is 5. The number of benzene rings is 5. The zero-order valence-electron chi connectivity index (χ0n) is 49.8. The van der Waals surface area contributed by atoms with Crippen LogP contribution in [0.5, 0.6) is 0 Å². The first-order chi connectivity index (χ1) is 39.7. The topological polar surface area (TPSA) is 303 Å². The molecule has 5 fully saturated rings. The molecule has 22 heteroatoms. The van der Waals surface area contributed by atoms with Crippen LogP contribution < -0.4 is 52.2 Å². The molecule has 0 spiro atoms. The van der Waals surface area contributed by atoms with Crippen molar-refractivity contribution >= 4 is 58.0 Å². The number of hydrogen-bond donors (Lipinski definition) is 12. The normalized spacial score (nSPS) is 21.8. The second kappa shape index (κ2) is 27.3. The van der Waals surface area contributed by atoms with Gasteiger partial charge < -0.3 is 35.7 Å². The first-order valence-electron chi connectivity index (χ1n) is 27.7. The molecule has 5 aromatic carbocycles. The van der Waals surface area contributed by atoms with Crippen LogP contribution in [0.15, 0.2) is 109 Å². The maximum Gasteiger partial charge on any atom is 0.251 e. The van der Waals surface area contributed by atoms with Gasteiger partial charge >= 0.3 is 0 Å². The number of carbonyl (C=O) groups excluding carboxylic acids is 5. The van der Waals surface area contributed by atoms with E-state index in [1.165, 1.54) is 5.56 Å². The standard InChI is InChI=1S/3C13H18N2O2.C12H16N2O3.C11H14N2O3/c1-9-4-10(2)6-11(5-9)15-7-13(3,8-16)12(17)14-15;1-9-4-5-11(10(2)6-9)15-7-13(3,8-16)12(17)14-15;1-9-4-5-10(2)11(6-9)15-7-13(3,8-16)12(17)14-15;1-9-2-4-10(5-3-9)14-6-12(7-15,8-16)11(17)13-14;14-7-11(8-15)6-13(12-10(11)16)9-4-2-1-3-5-9/h3*4-6,16H,7-8H2,1-3H3,(H,14,17);2-5,15-16H,6-8H2,1H3,(H,13,17);1-5,14-15H,6-8H2,(H,12,16). The Hall–Kier alpha value is -7.83. The summed E-state index contributed by atoms with van der Waals surface area (Å²) in [4.78, 5) is 58.7. The van der Waals surface area contributed by atoms with Crippen molar-refractivity contribution in [3.63, 3.8) is 0 Å². The highest BCUT2D eigenvalue weighted by Gasteiger charge is 2.48. The molecule has 5 aromatic rings. The molecule has 0 radical (unpaired) electrons. The quantitative estimate of drug-likeness (QED) is 0.0855. The number of carbonyl (C=O) groups is 5. The molecule has 0 bridgehead atoms. The van der Waals surface area contributed by atoms with Crippen LogP contribution in [0.4, 0.5) is 28.4 Å². The van der Waals surface area contributed by atoms with E-state index in [4.69, 9.17) is 0 Å². The molecule has 12 N–H and O–H groups in total. The van der Waals surface area contributed by atoms with Gasteiger partial charge in [-0.2, -0.15) is 0 Å². The minimum Gasteiger partial charge on any atom is -0.395 e. The van der Waals surface area contributed by atoms with Crippen molar-refractivity contribution in [3.05, 3.63) is 148 Å². The van der Waals surface area contributed by atoms with Gasteiger partial charge in [-0.15, -0.1) is 0 Å². The average molecular weight is 1160 g/mol. The van der Waals surface area contributed by atoms with E-state index in [0.29, 0.717) is 19.6 Å². The van der Waals surface area contributed by atoms with Crippen LogP contribution in [0.1, 0.15) is 59.7 Å². The fourth-order valence-electron chi connectivity index (χ4n) is 9.73. The Morgan fingerprint density at radius 1 is 0.333 bits per heavy atom. The molecule has 5 saturated heterocycles. The zero-order valence-corrected chi connectivity index (χ0v) is 49.8. The first kappa shape index (κ1) is 65.3. The van der Waals surface area contributed by atoms with Gasteiger partial charge in [-0.05, 0) is 146 Å². The Labute approximate surface area is 491 Å². The predicted octanol–water partition coefficient (Wildman–Crippen LogP) is 2.79. The van der Waals surface area contributed by atoms with Crippen LogP contribution in [0.2, 0.25) is 0 Å². The van der Waals surface area contributed by atoms with E-state index in [1.54, 1.807) is 35.8 Å². The summed E-state index contributed by atoms with van der Waals surface area (Å²) >= 11 is 0. The highest BCUT2D eigenvalue weighted by Crippen LogP contribution is 2.33. The lowest BCUT2D eigenvalue weighted by Crippen LogP contribution is -2.39. The number of amides is 5. The van der Waals surface area contributed by atoms with E-state index < -0.39 is 27.1 Å². The van der Waals surface area contributed by atoms with Crippen LogP contribution in [0, 0.1) is 75.5 Å². The minimum atomic E-state index is -1.11. The highest BCUT2D eigenvalue weighted by atomic mass is 16.3. The third-order valence-corrected chi connectivity index (χ3v) is 15.7. The highest BCUT2D eigenvalue weighted by molar-refractivity contribution is 5.91. The third-order valence-electron chi connectivity index (χ3n) is 15.7. The van der Waals surface area contributed by atoms with Crippen molar-refractivity contribution < 1.29 is 59.7 Å². The van der Waals surface area contributed by atoms with Gasteiger partial charge in [0, 0.05) is 0 Å². The number of aliphatic hydroxyl groups excluding tert-OH is 7. The number of hydrogen-bond acceptors (Lipinski definition) is 17. The fraction of sp³-hybridized carbons (Fsp3) is 0.435. The lowest BCUT2D eigenvalue weighted by Gasteiger charge is -2.22. The Balaban J connectivity index is 0.000000168. The molecule has 22 nitrogen and oxygen atoms in total. The largest absolute Gasteiger partial charge is 0.395 e. The molecule has 0 aliphatic carbocycles. The smallest absolute Gasteiger partial charge is 0.251 e. The van der Waals surface area contributed by atoms with Gasteiger partial charge in [-0.3, -0.25) is 76.1 Å². The molecular formula is C62H84N10O12. The van der Waals surface area contributed by atoms with Crippen molar-refractivity contribution in [2.45, 2.75) is 69.2 Å². The summed E-state index contributed by atoms with van der Waals surface area (Å²) in [6.07, 6.45) is 0. The second-order valence-electron chi connectivity index (χ2n) is 23.6. The summed E-state index contributed by atoms with van der Waals surface area (Å²) in [6, 6.07) is 35.3. The van der Waals surface area contributed by atoms with Crippen LogP contribution in [0.25, 0.3) is 0 Å². The minimum absolute atomic E-state index is 0.124. The molecule has 10 rings (SSSR count). The fourth-order valence-corrected chi connectivity index (χ4v) is 9.73. The average Bonchev–Trinajstić information content (AvgIpc) is 4.18. The van der Waals surface area contributed by atoms with Crippen molar-refractivity contribution in [1.29, 1.82) is 0 Å². The third kappa shape index (κ3) is 14.7. The summed E-state index contributed by atoms with van der Waals surface area (Å²) in [7, 11) is 0. The molecular weight excluding hydrogens is 1080 g/mol. The number of aryl methyl sites for hydroxylation is 7. The lowest BCUT2D eigenvalue weighted by molar-refractivity contribution is -0.132. The van der Waals surface area contributed by atoms with E-state index in [9.17, 15) is 59.7 Å². The molecule has 454 valence electrons. The summed E-state index contributed by atoms with van der Waals surface area (Å²) in [5, 5.41) is 73.5. The van der Waals surface area contributed by atoms with Crippen LogP contribution in [0.3, 0.4) is 0 Å². The molecule has 5 aliphatic heterocycles. The molecule has 3 atom stereocenters. The van der Waals surface area contributed by atoms with E-state index in [2.05, 4.69) is 39.3 Å². The lowest BCUT2D eigenvalue weighted by atomic mass is 9.90. The number of rotatable bonds is 12. The molecule has 5 aliphatic rings. The Morgan fingerprint density at radius 3 is 1.12 bits per heavy atom. The Bertz CT molecular complexity index is 3100. The summed E-state index contributed by atoms with van der Waals surface area (Å²) in [6.45, 7) is 19.6. The van der Waals surface area contributed by atoms with Crippen LogP contribution in [-0.2, 0) is 24.0 Å². The molecule has 3 unspecified atom stereocenters. The maximum absolute atomic E-state index is 11.8. The Morgan fingerprint density at radius 2 is 0.702 bits per heavy atom. The molecule has 0 saturated carbocycles. The SMILES string of the molecule is Cc1cc(C)cc(N2CC(C)(CO)C(=O)N2)c1.Cc1ccc(C)c(N2CC(C)(CO)C(=O)N2)c1.Cc1ccc(N2CC(C)(CO)C(=O)N2)c(C)c1.Cc1ccc(N2CC(CO)(CO)C(=O)N2)cc1.O=C1NN(c2ccccc2)CC1(CO)CO. The summed E-state index contributed by atoms with van der Waals surface area (Å²) in [5.74, 6) is -1.07. The summed E-state index contributed by atoms with van der Waals surface area (Å²) < 4.78 is 0. The van der Waals surface area contributed by atoms with Crippen molar-refractivity contribution in [1.82, 2.24) is 27.1 Å². The van der Waals surface area contributed by atoms with E-state index in [1.807, 2.05) is 156 Å². The number of para-hydroxylation sites is 1.